The molecule has 0 saturated carbocycles. The Morgan fingerprint density at radius 2 is 0.982 bits per heavy atom. The molecule has 0 N–H and O–H groups in total. The second-order valence-corrected chi connectivity index (χ2v) is 15.1. The molecule has 7 aromatic carbocycles. The summed E-state index contributed by atoms with van der Waals surface area (Å²) in [6.07, 6.45) is 0. The van der Waals surface area contributed by atoms with E-state index in [2.05, 4.69) is 72.8 Å². The number of furan rings is 2. The maximum atomic E-state index is 6.39. The first kappa shape index (κ1) is 31.8. The molecule has 7 nitrogen and oxygen atoms in total. The number of nitrogens with zero attached hydrogens (tertiary/aromatic N) is 5. The van der Waals surface area contributed by atoms with Crippen LogP contribution in [-0.4, -0.2) is 24.9 Å². The minimum absolute atomic E-state index is 0.577. The van der Waals surface area contributed by atoms with Gasteiger partial charge in [0.15, 0.2) is 28.9 Å². The van der Waals surface area contributed by atoms with E-state index in [9.17, 15) is 0 Å². The van der Waals surface area contributed by atoms with E-state index in [4.69, 9.17) is 33.8 Å². The van der Waals surface area contributed by atoms with Gasteiger partial charge < -0.3 is 8.83 Å². The Kier molecular flexibility index (Phi) is 6.96. The maximum absolute atomic E-state index is 6.39. The van der Waals surface area contributed by atoms with E-state index >= 15 is 0 Å². The van der Waals surface area contributed by atoms with Crippen LogP contribution in [0.4, 0.5) is 0 Å². The Hall–Kier alpha value is -7.55. The molecule has 12 rings (SSSR count). The average molecular weight is 750 g/mol. The van der Waals surface area contributed by atoms with E-state index in [1.165, 1.54) is 0 Å². The van der Waals surface area contributed by atoms with Crippen molar-refractivity contribution in [1.82, 2.24) is 24.9 Å². The van der Waals surface area contributed by atoms with Crippen molar-refractivity contribution in [1.29, 1.82) is 0 Å². The largest absolute Gasteiger partial charge is 0.456 e. The lowest BCUT2D eigenvalue weighted by Gasteiger charge is -2.09. The molecule has 0 fully saturated rings. The molecular formula is C49H27N5O2S. The second kappa shape index (κ2) is 12.5. The first-order valence-corrected chi connectivity index (χ1v) is 19.5. The zero-order valence-corrected chi connectivity index (χ0v) is 30.9. The molecule has 5 aromatic heterocycles. The fraction of sp³-hybridized carbons (Fsp3) is 0. The zero-order valence-electron chi connectivity index (χ0n) is 30.0. The molecule has 57 heavy (non-hydrogen) atoms. The van der Waals surface area contributed by atoms with Crippen LogP contribution in [0.1, 0.15) is 0 Å². The number of rotatable bonds is 5. The van der Waals surface area contributed by atoms with Crippen LogP contribution < -0.4 is 0 Å². The summed E-state index contributed by atoms with van der Waals surface area (Å²) in [6.45, 7) is 0. The Balaban J connectivity index is 1.02. The van der Waals surface area contributed by atoms with Gasteiger partial charge in [0.25, 0.3) is 0 Å². The van der Waals surface area contributed by atoms with E-state index < -0.39 is 0 Å². The lowest BCUT2D eigenvalue weighted by molar-refractivity contribution is 0.667. The Labute approximate surface area is 328 Å². The number of aromatic nitrogens is 5. The summed E-state index contributed by atoms with van der Waals surface area (Å²) in [4.78, 5) is 25.5. The summed E-state index contributed by atoms with van der Waals surface area (Å²) in [7, 11) is 0. The van der Waals surface area contributed by atoms with Gasteiger partial charge in [-0.05, 0) is 42.5 Å². The van der Waals surface area contributed by atoms with Crippen LogP contribution in [0, 0.1) is 0 Å². The predicted octanol–water partition coefficient (Wildman–Crippen LogP) is 13.2. The van der Waals surface area contributed by atoms with Gasteiger partial charge >= 0.3 is 0 Å². The fourth-order valence-corrected chi connectivity index (χ4v) is 9.04. The third kappa shape index (κ3) is 5.15. The standard InChI is InChI=1S/C49H27N5O2S/c1-3-12-28(13-4-1)43-45-44(34-17-8-10-20-38(34)56-45)51-49(50-43)36-18-11-21-40-42(36)35-25-23-31(27-41(35)57-40)48-53-46(29-14-5-2-6-15-29)52-47(54-48)30-22-24-33-32-16-7-9-19-37(32)55-39(33)26-30/h1-27H. The van der Waals surface area contributed by atoms with Gasteiger partial charge in [-0.25, -0.2) is 24.9 Å². The number of benzene rings is 7. The number of fused-ring (bicyclic) bond motifs is 9. The highest BCUT2D eigenvalue weighted by Gasteiger charge is 2.21. The van der Waals surface area contributed by atoms with Crippen LogP contribution in [-0.2, 0) is 0 Å². The van der Waals surface area contributed by atoms with Gasteiger partial charge in [0.2, 0.25) is 0 Å². The molecule has 0 aliphatic rings. The van der Waals surface area contributed by atoms with Crippen molar-refractivity contribution >= 4 is 75.5 Å². The molecule has 0 atom stereocenters. The van der Waals surface area contributed by atoms with E-state index in [1.807, 2.05) is 91.0 Å². The van der Waals surface area contributed by atoms with E-state index in [1.54, 1.807) is 11.3 Å². The average Bonchev–Trinajstić information content (AvgIpc) is 3.97. The highest BCUT2D eigenvalue weighted by molar-refractivity contribution is 7.26. The molecule has 8 heteroatoms. The van der Waals surface area contributed by atoms with Crippen LogP contribution in [0.25, 0.3) is 121 Å². The van der Waals surface area contributed by atoms with Gasteiger partial charge in [0.1, 0.15) is 28.0 Å². The normalized spacial score (nSPS) is 11.9. The molecule has 0 radical (unpaired) electrons. The van der Waals surface area contributed by atoms with Crippen molar-refractivity contribution in [3.05, 3.63) is 164 Å². The van der Waals surface area contributed by atoms with Crippen molar-refractivity contribution in [2.75, 3.05) is 0 Å². The van der Waals surface area contributed by atoms with Gasteiger partial charge in [0.05, 0.1) is 0 Å². The van der Waals surface area contributed by atoms with Crippen LogP contribution in [0.5, 0.6) is 0 Å². The van der Waals surface area contributed by atoms with Crippen LogP contribution in [0.3, 0.4) is 0 Å². The molecule has 0 amide bonds. The minimum atomic E-state index is 0.577. The SMILES string of the molecule is c1ccc(-c2nc(-c3ccc4c(c3)oc3ccccc34)nc(-c3ccc4c(c3)sc3cccc(-c5nc(-c6ccccc6)c6oc7ccccc7c6n5)c34)n2)cc1. The Morgan fingerprint density at radius 3 is 1.75 bits per heavy atom. The topological polar surface area (TPSA) is 90.7 Å². The summed E-state index contributed by atoms with van der Waals surface area (Å²) in [6, 6.07) is 55.3. The molecular weight excluding hydrogens is 723 g/mol. The van der Waals surface area contributed by atoms with Crippen molar-refractivity contribution in [3.8, 4) is 56.8 Å². The molecule has 0 unspecified atom stereocenters. The van der Waals surface area contributed by atoms with E-state index in [0.29, 0.717) is 28.9 Å². The molecule has 0 aliphatic carbocycles. The fourth-order valence-electron chi connectivity index (χ4n) is 7.87. The third-order valence-electron chi connectivity index (χ3n) is 10.6. The highest BCUT2D eigenvalue weighted by atomic mass is 32.1. The number of thiophene rings is 1. The van der Waals surface area contributed by atoms with Crippen LogP contribution >= 0.6 is 11.3 Å². The summed E-state index contributed by atoms with van der Waals surface area (Å²) in [5, 5.41) is 5.32. The van der Waals surface area contributed by atoms with Gasteiger partial charge in [-0.1, -0.05) is 121 Å². The molecule has 0 bridgehead atoms. The minimum Gasteiger partial charge on any atom is -0.456 e. The van der Waals surface area contributed by atoms with Crippen molar-refractivity contribution in [2.24, 2.45) is 0 Å². The lowest BCUT2D eigenvalue weighted by atomic mass is 10.0. The number of hydrogen-bond acceptors (Lipinski definition) is 8. The zero-order chi connectivity index (χ0) is 37.5. The van der Waals surface area contributed by atoms with Crippen molar-refractivity contribution in [3.63, 3.8) is 0 Å². The molecule has 5 heterocycles. The highest BCUT2D eigenvalue weighted by Crippen LogP contribution is 2.43. The third-order valence-corrected chi connectivity index (χ3v) is 11.7. The Bertz CT molecular complexity index is 3540. The van der Waals surface area contributed by atoms with Gasteiger partial charge in [-0.2, -0.15) is 0 Å². The predicted molar refractivity (Wildman–Crippen MR) is 230 cm³/mol. The van der Waals surface area contributed by atoms with Gasteiger partial charge in [-0.3, -0.25) is 0 Å². The Morgan fingerprint density at radius 1 is 0.368 bits per heavy atom. The van der Waals surface area contributed by atoms with Gasteiger partial charge in [-0.15, -0.1) is 11.3 Å². The number of para-hydroxylation sites is 2. The quantitative estimate of drug-likeness (QED) is 0.173. The smallest absolute Gasteiger partial charge is 0.180 e. The van der Waals surface area contributed by atoms with E-state index in [0.717, 1.165) is 92.1 Å². The van der Waals surface area contributed by atoms with Crippen LogP contribution in [0.15, 0.2) is 173 Å². The van der Waals surface area contributed by atoms with Gasteiger partial charge in [0, 0.05) is 64.1 Å². The molecule has 0 aliphatic heterocycles. The monoisotopic (exact) mass is 749 g/mol. The molecule has 0 spiro atoms. The van der Waals surface area contributed by atoms with Crippen molar-refractivity contribution in [2.45, 2.75) is 0 Å². The molecule has 12 aromatic rings. The van der Waals surface area contributed by atoms with E-state index in [-0.39, 0.29) is 0 Å². The summed E-state index contributed by atoms with van der Waals surface area (Å²) in [5.41, 5.74) is 9.28. The van der Waals surface area contributed by atoms with Crippen molar-refractivity contribution < 1.29 is 8.83 Å². The molecule has 0 saturated heterocycles. The number of hydrogen-bond donors (Lipinski definition) is 0. The first-order valence-electron chi connectivity index (χ1n) is 18.7. The summed E-state index contributed by atoms with van der Waals surface area (Å²) >= 11 is 1.73. The molecule has 266 valence electrons. The lowest BCUT2D eigenvalue weighted by Crippen LogP contribution is -2.00. The first-order chi connectivity index (χ1) is 28.2. The summed E-state index contributed by atoms with van der Waals surface area (Å²) in [5.74, 6) is 2.43. The maximum Gasteiger partial charge on any atom is 0.180 e. The van der Waals surface area contributed by atoms with Crippen LogP contribution in [0.2, 0.25) is 0 Å². The summed E-state index contributed by atoms with van der Waals surface area (Å²) < 4.78 is 14.9. The second-order valence-electron chi connectivity index (χ2n) is 14.0.